The van der Waals surface area contributed by atoms with E-state index in [4.69, 9.17) is 0 Å². The van der Waals surface area contributed by atoms with Crippen LogP contribution in [0.1, 0.15) is 64.7 Å². The average molecular weight is 382 g/mol. The Kier molecular flexibility index (Phi) is 4.65. The molecule has 1 N–H and O–H groups in total. The summed E-state index contributed by atoms with van der Waals surface area (Å²) in [5, 5.41) is 3.13. The quantitative estimate of drug-likeness (QED) is 0.835. The zero-order valence-electron chi connectivity index (χ0n) is 17.3. The molecule has 2 saturated heterocycles. The normalized spacial score (nSPS) is 35.6. The highest BCUT2D eigenvalue weighted by Gasteiger charge is 2.51. The van der Waals surface area contributed by atoms with Crippen LogP contribution in [0.2, 0.25) is 0 Å². The molecule has 0 unspecified atom stereocenters. The predicted molar refractivity (Wildman–Crippen MR) is 113 cm³/mol. The number of para-hydroxylation sites is 1. The van der Waals surface area contributed by atoms with Crippen molar-refractivity contribution in [3.63, 3.8) is 0 Å². The molecule has 2 aliphatic carbocycles. The highest BCUT2D eigenvalue weighted by Crippen LogP contribution is 2.51. The topological polar surface area (TPSA) is 35.6 Å². The van der Waals surface area contributed by atoms with Crippen molar-refractivity contribution >= 4 is 11.6 Å². The summed E-state index contributed by atoms with van der Waals surface area (Å²) < 4.78 is 0. The summed E-state index contributed by atoms with van der Waals surface area (Å²) in [6, 6.07) is 11.2. The molecule has 4 nitrogen and oxygen atoms in total. The van der Waals surface area contributed by atoms with Gasteiger partial charge in [-0.05, 0) is 68.4 Å². The fourth-order valence-corrected chi connectivity index (χ4v) is 6.77. The molecular formula is C24H35N3O. The molecule has 1 aromatic carbocycles. The van der Waals surface area contributed by atoms with Gasteiger partial charge in [0.2, 0.25) is 5.91 Å². The van der Waals surface area contributed by atoms with Crippen LogP contribution in [0.3, 0.4) is 0 Å². The maximum Gasteiger partial charge on any atom is 0.247 e. The van der Waals surface area contributed by atoms with Crippen molar-refractivity contribution in [3.8, 4) is 0 Å². The van der Waals surface area contributed by atoms with E-state index in [9.17, 15) is 4.79 Å². The third-order valence-electron chi connectivity index (χ3n) is 8.69. The number of amides is 1. The fraction of sp³-hybridized carbons (Fsp3) is 0.708. The van der Waals surface area contributed by atoms with Crippen LogP contribution in [0.5, 0.6) is 0 Å². The highest BCUT2D eigenvalue weighted by atomic mass is 16.2. The Balaban J connectivity index is 1.27. The second-order valence-electron chi connectivity index (χ2n) is 10.0. The Morgan fingerprint density at radius 1 is 1.00 bits per heavy atom. The van der Waals surface area contributed by atoms with Crippen molar-refractivity contribution in [2.24, 2.45) is 11.3 Å². The highest BCUT2D eigenvalue weighted by molar-refractivity contribution is 5.93. The van der Waals surface area contributed by atoms with Gasteiger partial charge in [0, 0.05) is 24.8 Å². The van der Waals surface area contributed by atoms with E-state index >= 15 is 0 Å². The smallest absolute Gasteiger partial charge is 0.247 e. The van der Waals surface area contributed by atoms with Crippen molar-refractivity contribution in [2.75, 3.05) is 24.7 Å². The van der Waals surface area contributed by atoms with Gasteiger partial charge in [-0.3, -0.25) is 4.79 Å². The van der Waals surface area contributed by atoms with E-state index in [1.807, 2.05) is 6.07 Å². The van der Waals surface area contributed by atoms with Gasteiger partial charge >= 0.3 is 0 Å². The Hall–Kier alpha value is -1.55. The number of hydrogen-bond acceptors (Lipinski definition) is 3. The Labute approximate surface area is 169 Å². The second-order valence-corrected chi connectivity index (χ2v) is 10.0. The summed E-state index contributed by atoms with van der Waals surface area (Å²) in [7, 11) is 0. The Bertz CT molecular complexity index is 712. The molecule has 4 heteroatoms. The third kappa shape index (κ3) is 2.96. The van der Waals surface area contributed by atoms with E-state index in [0.717, 1.165) is 37.9 Å². The molecule has 2 aliphatic heterocycles. The molecule has 5 rings (SSSR count). The van der Waals surface area contributed by atoms with Gasteiger partial charge in [-0.2, -0.15) is 0 Å². The minimum atomic E-state index is -0.341. The van der Waals surface area contributed by atoms with Crippen molar-refractivity contribution < 1.29 is 4.79 Å². The van der Waals surface area contributed by atoms with Gasteiger partial charge < -0.3 is 15.1 Å². The number of hydrogen-bond donors (Lipinski definition) is 1. The molecule has 1 spiro atoms. The van der Waals surface area contributed by atoms with E-state index in [1.54, 1.807) is 0 Å². The molecule has 2 saturated carbocycles. The summed E-state index contributed by atoms with van der Waals surface area (Å²) in [4.78, 5) is 17.9. The van der Waals surface area contributed by atoms with Crippen LogP contribution in [0.25, 0.3) is 0 Å². The van der Waals surface area contributed by atoms with Gasteiger partial charge in [0.25, 0.3) is 0 Å². The summed E-state index contributed by atoms with van der Waals surface area (Å²) >= 11 is 0. The van der Waals surface area contributed by atoms with Gasteiger partial charge in [-0.25, -0.2) is 0 Å². The molecule has 3 atom stereocenters. The van der Waals surface area contributed by atoms with Crippen LogP contribution in [0.15, 0.2) is 30.3 Å². The molecular weight excluding hydrogens is 346 g/mol. The standard InChI is InChI=1S/C24H35N3O/c1-23-11-6-5-7-19(23)17-21(10-12-23)26-15-13-24(14-16-26)22(28)25-18-27(24)20-8-3-2-4-9-20/h2-4,8-9,19,21H,5-7,10-18H2,1H3,(H,25,28)/t19-,21-,23+/m0/s1. The Morgan fingerprint density at radius 3 is 2.57 bits per heavy atom. The van der Waals surface area contributed by atoms with E-state index in [-0.39, 0.29) is 11.4 Å². The number of nitrogens with zero attached hydrogens (tertiary/aromatic N) is 2. The first-order valence-electron chi connectivity index (χ1n) is 11.5. The van der Waals surface area contributed by atoms with Crippen molar-refractivity contribution in [2.45, 2.75) is 76.3 Å². The predicted octanol–water partition coefficient (Wildman–Crippen LogP) is 4.16. The number of anilines is 1. The van der Waals surface area contributed by atoms with E-state index in [2.05, 4.69) is 46.3 Å². The summed E-state index contributed by atoms with van der Waals surface area (Å²) in [5.74, 6) is 1.16. The van der Waals surface area contributed by atoms with E-state index in [1.165, 1.54) is 50.6 Å². The molecule has 152 valence electrons. The van der Waals surface area contributed by atoms with Gasteiger partial charge in [-0.1, -0.05) is 38.0 Å². The molecule has 0 radical (unpaired) electrons. The van der Waals surface area contributed by atoms with Crippen LogP contribution in [0, 0.1) is 11.3 Å². The van der Waals surface area contributed by atoms with Crippen molar-refractivity contribution in [3.05, 3.63) is 30.3 Å². The van der Waals surface area contributed by atoms with Crippen LogP contribution >= 0.6 is 0 Å². The summed E-state index contributed by atoms with van der Waals surface area (Å²) in [6.45, 7) is 5.32. The van der Waals surface area contributed by atoms with Crippen molar-refractivity contribution in [1.29, 1.82) is 0 Å². The number of piperidine rings is 1. The summed E-state index contributed by atoms with van der Waals surface area (Å²) in [5.41, 5.74) is 1.44. The number of nitrogens with one attached hydrogen (secondary N) is 1. The molecule has 4 fully saturated rings. The maximum absolute atomic E-state index is 12.9. The van der Waals surface area contributed by atoms with Crippen LogP contribution in [0.4, 0.5) is 5.69 Å². The maximum atomic E-state index is 12.9. The second kappa shape index (κ2) is 7.05. The number of benzene rings is 1. The lowest BCUT2D eigenvalue weighted by Crippen LogP contribution is -2.58. The first-order valence-corrected chi connectivity index (χ1v) is 11.5. The first-order chi connectivity index (χ1) is 13.6. The first kappa shape index (κ1) is 18.5. The lowest BCUT2D eigenvalue weighted by Gasteiger charge is -2.52. The number of carbonyl (C=O) groups is 1. The zero-order valence-corrected chi connectivity index (χ0v) is 17.3. The van der Waals surface area contributed by atoms with Crippen LogP contribution in [-0.2, 0) is 4.79 Å². The molecule has 28 heavy (non-hydrogen) atoms. The van der Waals surface area contributed by atoms with Gasteiger partial charge in [0.05, 0.1) is 6.67 Å². The minimum Gasteiger partial charge on any atom is -0.339 e. The minimum absolute atomic E-state index is 0.236. The largest absolute Gasteiger partial charge is 0.339 e. The van der Waals surface area contributed by atoms with E-state index < -0.39 is 0 Å². The van der Waals surface area contributed by atoms with Gasteiger partial charge in [0.1, 0.15) is 5.54 Å². The van der Waals surface area contributed by atoms with Crippen LogP contribution < -0.4 is 10.2 Å². The van der Waals surface area contributed by atoms with Crippen molar-refractivity contribution in [1.82, 2.24) is 10.2 Å². The third-order valence-corrected chi connectivity index (χ3v) is 8.69. The number of likely N-dealkylation sites (tertiary alicyclic amines) is 1. The summed E-state index contributed by atoms with van der Waals surface area (Å²) in [6.07, 6.45) is 11.8. The molecule has 0 aromatic heterocycles. The monoisotopic (exact) mass is 381 g/mol. The van der Waals surface area contributed by atoms with Gasteiger partial charge in [-0.15, -0.1) is 0 Å². The molecule has 4 aliphatic rings. The lowest BCUT2D eigenvalue weighted by molar-refractivity contribution is -0.125. The fourth-order valence-electron chi connectivity index (χ4n) is 6.77. The zero-order chi connectivity index (χ0) is 19.2. The average Bonchev–Trinajstić information content (AvgIpc) is 3.04. The number of fused-ring (bicyclic) bond motifs is 1. The molecule has 2 heterocycles. The lowest BCUT2D eigenvalue weighted by atomic mass is 9.59. The number of carbonyl (C=O) groups excluding carboxylic acids is 1. The Morgan fingerprint density at radius 2 is 1.79 bits per heavy atom. The SMILES string of the molecule is C[C@]12CCCC[C@H]1C[C@@H](N1CCC3(CC1)C(=O)NCN3c1ccccc1)CC2. The van der Waals surface area contributed by atoms with E-state index in [0.29, 0.717) is 12.1 Å². The molecule has 1 amide bonds. The van der Waals surface area contributed by atoms with Gasteiger partial charge in [0.15, 0.2) is 0 Å². The molecule has 0 bridgehead atoms. The van der Waals surface area contributed by atoms with Crippen LogP contribution in [-0.4, -0.2) is 42.1 Å². The number of rotatable bonds is 2. The molecule has 1 aromatic rings.